The van der Waals surface area contributed by atoms with Crippen molar-refractivity contribution in [3.63, 3.8) is 0 Å². The number of H-pyrrole nitrogens is 1. The van der Waals surface area contributed by atoms with Gasteiger partial charge in [-0.3, -0.25) is 9.78 Å². The summed E-state index contributed by atoms with van der Waals surface area (Å²) in [5, 5.41) is 14.5. The topological polar surface area (TPSA) is 105 Å². The monoisotopic (exact) mass is 416 g/mol. The summed E-state index contributed by atoms with van der Waals surface area (Å²) in [5.74, 6) is 1.13. The van der Waals surface area contributed by atoms with Crippen LogP contribution in [0.1, 0.15) is 40.9 Å². The number of pyridine rings is 1. The summed E-state index contributed by atoms with van der Waals surface area (Å²) in [6.45, 7) is 1.99. The number of nitrogens with one attached hydrogen (secondary N) is 3. The molecule has 0 saturated carbocycles. The summed E-state index contributed by atoms with van der Waals surface area (Å²) in [6, 6.07) is 13.7. The SMILES string of the molecule is CCC1(NC(=O)c2nnc(Cc3ccccc3)[nH]2)C=C(c2ccncc2)C(OC)=CN1. The van der Waals surface area contributed by atoms with E-state index in [-0.39, 0.29) is 11.7 Å². The molecule has 0 radical (unpaired) electrons. The van der Waals surface area contributed by atoms with Gasteiger partial charge in [0.25, 0.3) is 5.91 Å². The summed E-state index contributed by atoms with van der Waals surface area (Å²) in [5.41, 5.74) is 2.10. The van der Waals surface area contributed by atoms with E-state index in [4.69, 9.17) is 4.74 Å². The molecule has 31 heavy (non-hydrogen) atoms. The largest absolute Gasteiger partial charge is 0.495 e. The zero-order valence-electron chi connectivity index (χ0n) is 17.4. The third-order valence-corrected chi connectivity index (χ3v) is 5.19. The van der Waals surface area contributed by atoms with Crippen molar-refractivity contribution in [2.75, 3.05) is 7.11 Å². The number of hydrogen-bond donors (Lipinski definition) is 3. The molecule has 3 heterocycles. The van der Waals surface area contributed by atoms with Crippen molar-refractivity contribution in [2.45, 2.75) is 25.4 Å². The molecule has 0 bridgehead atoms. The molecule has 3 N–H and O–H groups in total. The van der Waals surface area contributed by atoms with Crippen LogP contribution in [0.2, 0.25) is 0 Å². The highest BCUT2D eigenvalue weighted by atomic mass is 16.5. The second-order valence-corrected chi connectivity index (χ2v) is 7.21. The molecule has 0 saturated heterocycles. The number of carbonyl (C=O) groups excluding carboxylic acids is 1. The minimum absolute atomic E-state index is 0.168. The normalized spacial score (nSPS) is 17.9. The molecule has 1 unspecified atom stereocenters. The summed E-state index contributed by atoms with van der Waals surface area (Å²) in [6.07, 6.45) is 8.35. The predicted octanol–water partition coefficient (Wildman–Crippen LogP) is 2.80. The Morgan fingerprint density at radius 3 is 2.61 bits per heavy atom. The molecule has 8 nitrogen and oxygen atoms in total. The minimum atomic E-state index is -0.801. The Labute approximate surface area is 180 Å². The van der Waals surface area contributed by atoms with E-state index in [1.807, 2.05) is 55.5 Å². The third kappa shape index (κ3) is 4.48. The predicted molar refractivity (Wildman–Crippen MR) is 117 cm³/mol. The Balaban J connectivity index is 1.55. The highest BCUT2D eigenvalue weighted by molar-refractivity contribution is 5.91. The average Bonchev–Trinajstić information content (AvgIpc) is 3.29. The number of nitrogens with zero attached hydrogens (tertiary/aromatic N) is 3. The first-order valence-corrected chi connectivity index (χ1v) is 10.1. The summed E-state index contributed by atoms with van der Waals surface area (Å²) in [7, 11) is 1.61. The highest BCUT2D eigenvalue weighted by Gasteiger charge is 2.33. The zero-order chi connectivity index (χ0) is 21.7. The first-order chi connectivity index (χ1) is 15.1. The maximum atomic E-state index is 13.0. The van der Waals surface area contributed by atoms with Crippen LogP contribution >= 0.6 is 0 Å². The van der Waals surface area contributed by atoms with Crippen LogP contribution in [0.3, 0.4) is 0 Å². The van der Waals surface area contributed by atoms with E-state index >= 15 is 0 Å². The molecule has 4 rings (SSSR count). The number of rotatable bonds is 7. The highest BCUT2D eigenvalue weighted by Crippen LogP contribution is 2.30. The van der Waals surface area contributed by atoms with Crippen molar-refractivity contribution in [3.05, 3.63) is 95.7 Å². The van der Waals surface area contributed by atoms with Crippen molar-refractivity contribution in [1.82, 2.24) is 30.8 Å². The number of amides is 1. The van der Waals surface area contributed by atoms with E-state index in [1.165, 1.54) is 0 Å². The van der Waals surface area contributed by atoms with E-state index < -0.39 is 5.66 Å². The van der Waals surface area contributed by atoms with Gasteiger partial charge < -0.3 is 20.4 Å². The van der Waals surface area contributed by atoms with Crippen LogP contribution in [0.4, 0.5) is 0 Å². The Morgan fingerprint density at radius 1 is 1.13 bits per heavy atom. The number of allylic oxidation sites excluding steroid dienone is 1. The molecule has 0 aliphatic carbocycles. The summed E-state index contributed by atoms with van der Waals surface area (Å²) >= 11 is 0. The van der Waals surface area contributed by atoms with Crippen molar-refractivity contribution < 1.29 is 9.53 Å². The van der Waals surface area contributed by atoms with E-state index in [0.717, 1.165) is 16.7 Å². The van der Waals surface area contributed by atoms with Crippen LogP contribution in [0.25, 0.3) is 5.57 Å². The molecule has 0 fully saturated rings. The number of methoxy groups -OCH3 is 1. The van der Waals surface area contributed by atoms with E-state index in [1.54, 1.807) is 25.7 Å². The van der Waals surface area contributed by atoms with E-state index in [2.05, 4.69) is 30.8 Å². The molecule has 8 heteroatoms. The quantitative estimate of drug-likeness (QED) is 0.547. The average molecular weight is 416 g/mol. The van der Waals surface area contributed by atoms with Gasteiger partial charge in [0.2, 0.25) is 5.82 Å². The number of hydrogen-bond acceptors (Lipinski definition) is 6. The standard InChI is InChI=1S/C23H24N6O2/c1-3-23(14-18(19(31-2)15-25-23)17-9-11-24-12-10-17)27-22(30)21-26-20(28-29-21)13-16-7-5-4-6-8-16/h4-12,14-15,25H,3,13H2,1-2H3,(H,27,30)(H,26,28,29). The van der Waals surface area contributed by atoms with Gasteiger partial charge in [-0.1, -0.05) is 37.3 Å². The van der Waals surface area contributed by atoms with Crippen molar-refractivity contribution in [3.8, 4) is 0 Å². The second kappa shape index (κ2) is 8.83. The van der Waals surface area contributed by atoms with Gasteiger partial charge in [0.15, 0.2) is 0 Å². The van der Waals surface area contributed by atoms with Gasteiger partial charge in [0, 0.05) is 30.6 Å². The molecule has 1 aromatic carbocycles. The molecular weight excluding hydrogens is 392 g/mol. The molecule has 1 atom stereocenters. The molecule has 3 aromatic rings. The summed E-state index contributed by atoms with van der Waals surface area (Å²) in [4.78, 5) is 20.1. The van der Waals surface area contributed by atoms with Crippen molar-refractivity contribution in [2.24, 2.45) is 0 Å². The van der Waals surface area contributed by atoms with Gasteiger partial charge in [-0.15, -0.1) is 10.2 Å². The number of ether oxygens (including phenoxy) is 1. The molecule has 0 spiro atoms. The van der Waals surface area contributed by atoms with Crippen LogP contribution in [0, 0.1) is 0 Å². The number of carbonyl (C=O) groups is 1. The molecule has 1 aliphatic heterocycles. The van der Waals surface area contributed by atoms with Gasteiger partial charge in [-0.2, -0.15) is 0 Å². The van der Waals surface area contributed by atoms with Crippen LogP contribution in [-0.2, 0) is 11.2 Å². The Morgan fingerprint density at radius 2 is 1.90 bits per heavy atom. The molecule has 1 amide bonds. The lowest BCUT2D eigenvalue weighted by Gasteiger charge is -2.35. The Bertz CT molecular complexity index is 1110. The van der Waals surface area contributed by atoms with Crippen LogP contribution < -0.4 is 10.6 Å². The smallest absolute Gasteiger partial charge is 0.291 e. The van der Waals surface area contributed by atoms with Crippen LogP contribution in [-0.4, -0.2) is 38.8 Å². The van der Waals surface area contributed by atoms with Crippen molar-refractivity contribution in [1.29, 1.82) is 0 Å². The fraction of sp³-hybridized carbons (Fsp3) is 0.217. The molecule has 1 aliphatic rings. The first kappa shape index (κ1) is 20.3. The van der Waals surface area contributed by atoms with E-state index in [0.29, 0.717) is 24.4 Å². The number of aromatic nitrogens is 4. The van der Waals surface area contributed by atoms with E-state index in [9.17, 15) is 4.79 Å². The molecule has 158 valence electrons. The van der Waals surface area contributed by atoms with Gasteiger partial charge >= 0.3 is 0 Å². The second-order valence-electron chi connectivity index (χ2n) is 7.21. The Hall–Kier alpha value is -3.94. The maximum Gasteiger partial charge on any atom is 0.291 e. The minimum Gasteiger partial charge on any atom is -0.495 e. The maximum absolute atomic E-state index is 13.0. The van der Waals surface area contributed by atoms with Gasteiger partial charge in [0.05, 0.1) is 7.11 Å². The zero-order valence-corrected chi connectivity index (χ0v) is 17.4. The summed E-state index contributed by atoms with van der Waals surface area (Å²) < 4.78 is 5.51. The number of dihydropyridines is 1. The lowest BCUT2D eigenvalue weighted by molar-refractivity contribution is 0.0894. The fourth-order valence-corrected chi connectivity index (χ4v) is 3.45. The van der Waals surface area contributed by atoms with Gasteiger partial charge in [-0.05, 0) is 35.8 Å². The number of aromatic amines is 1. The first-order valence-electron chi connectivity index (χ1n) is 10.1. The molecule has 2 aromatic heterocycles. The third-order valence-electron chi connectivity index (χ3n) is 5.19. The lowest BCUT2D eigenvalue weighted by Crippen LogP contribution is -2.56. The van der Waals surface area contributed by atoms with Crippen LogP contribution in [0.15, 0.2) is 72.9 Å². The number of benzene rings is 1. The van der Waals surface area contributed by atoms with Crippen molar-refractivity contribution >= 4 is 11.5 Å². The van der Waals surface area contributed by atoms with Crippen LogP contribution in [0.5, 0.6) is 0 Å². The fourth-order valence-electron chi connectivity index (χ4n) is 3.45. The molecular formula is C23H24N6O2. The lowest BCUT2D eigenvalue weighted by atomic mass is 9.94. The van der Waals surface area contributed by atoms with Gasteiger partial charge in [-0.25, -0.2) is 0 Å². The van der Waals surface area contributed by atoms with Gasteiger partial charge in [0.1, 0.15) is 17.2 Å². The Kier molecular flexibility index (Phi) is 5.79.